The second kappa shape index (κ2) is 6.26. The molecule has 0 aromatic heterocycles. The molecule has 1 saturated heterocycles. The normalized spacial score (nSPS) is 20.2. The van der Waals surface area contributed by atoms with Crippen LogP contribution >= 0.6 is 11.6 Å². The van der Waals surface area contributed by atoms with Crippen molar-refractivity contribution >= 4 is 23.2 Å². The van der Waals surface area contributed by atoms with E-state index >= 15 is 0 Å². The number of anilines is 1. The standard InChI is InChI=1S/C14H20ClN3O/c1-2-18-7-3-4-11(9-18)17-14(19)10-5-6-13(16)12(15)8-10/h5-6,8,11H,2-4,7,9,16H2,1H3,(H,17,19). The first-order valence-electron chi connectivity index (χ1n) is 6.68. The minimum Gasteiger partial charge on any atom is -0.398 e. The van der Waals surface area contributed by atoms with E-state index in [-0.39, 0.29) is 11.9 Å². The molecule has 19 heavy (non-hydrogen) atoms. The Morgan fingerprint density at radius 2 is 2.37 bits per heavy atom. The first kappa shape index (κ1) is 14.2. The average molecular weight is 282 g/mol. The van der Waals surface area contributed by atoms with Gasteiger partial charge in [0.15, 0.2) is 0 Å². The van der Waals surface area contributed by atoms with Gasteiger partial charge in [-0.05, 0) is 44.1 Å². The Morgan fingerprint density at radius 1 is 1.58 bits per heavy atom. The Balaban J connectivity index is 1.98. The third-order valence-electron chi connectivity index (χ3n) is 3.55. The number of hydrogen-bond donors (Lipinski definition) is 2. The molecule has 0 bridgehead atoms. The number of carbonyl (C=O) groups is 1. The molecule has 0 radical (unpaired) electrons. The Labute approximate surface area is 118 Å². The van der Waals surface area contributed by atoms with Gasteiger partial charge in [-0.15, -0.1) is 0 Å². The third kappa shape index (κ3) is 3.61. The number of nitrogens with zero attached hydrogens (tertiary/aromatic N) is 1. The topological polar surface area (TPSA) is 58.4 Å². The van der Waals surface area contributed by atoms with Crippen LogP contribution in [-0.4, -0.2) is 36.5 Å². The largest absolute Gasteiger partial charge is 0.398 e. The smallest absolute Gasteiger partial charge is 0.251 e. The number of rotatable bonds is 3. The van der Waals surface area contributed by atoms with Crippen LogP contribution in [0.3, 0.4) is 0 Å². The number of likely N-dealkylation sites (N-methyl/N-ethyl adjacent to an activating group) is 1. The number of amides is 1. The lowest BCUT2D eigenvalue weighted by Gasteiger charge is -2.32. The quantitative estimate of drug-likeness (QED) is 0.835. The van der Waals surface area contributed by atoms with E-state index in [0.29, 0.717) is 16.3 Å². The number of piperidine rings is 1. The summed E-state index contributed by atoms with van der Waals surface area (Å²) in [6, 6.07) is 5.21. The van der Waals surface area contributed by atoms with E-state index in [4.69, 9.17) is 17.3 Å². The van der Waals surface area contributed by atoms with Crippen LogP contribution in [0.5, 0.6) is 0 Å². The predicted molar refractivity (Wildman–Crippen MR) is 78.5 cm³/mol. The number of hydrogen-bond acceptors (Lipinski definition) is 3. The van der Waals surface area contributed by atoms with E-state index in [1.165, 1.54) is 0 Å². The van der Waals surface area contributed by atoms with E-state index in [1.807, 2.05) is 0 Å². The highest BCUT2D eigenvalue weighted by Gasteiger charge is 2.20. The molecule has 0 spiro atoms. The lowest BCUT2D eigenvalue weighted by atomic mass is 10.1. The van der Waals surface area contributed by atoms with Crippen molar-refractivity contribution in [2.75, 3.05) is 25.4 Å². The Morgan fingerprint density at radius 3 is 3.05 bits per heavy atom. The van der Waals surface area contributed by atoms with Crippen LogP contribution in [0.25, 0.3) is 0 Å². The Bertz CT molecular complexity index is 464. The molecule has 1 aliphatic heterocycles. The van der Waals surface area contributed by atoms with Crippen LogP contribution in [0.1, 0.15) is 30.1 Å². The van der Waals surface area contributed by atoms with Crippen molar-refractivity contribution in [3.05, 3.63) is 28.8 Å². The molecule has 0 saturated carbocycles. The molecule has 0 aliphatic carbocycles. The third-order valence-corrected chi connectivity index (χ3v) is 3.88. The van der Waals surface area contributed by atoms with Crippen molar-refractivity contribution in [3.63, 3.8) is 0 Å². The minimum atomic E-state index is -0.0788. The van der Waals surface area contributed by atoms with Crippen molar-refractivity contribution in [3.8, 4) is 0 Å². The Hall–Kier alpha value is -1.26. The van der Waals surface area contributed by atoms with Crippen LogP contribution < -0.4 is 11.1 Å². The first-order chi connectivity index (χ1) is 9.10. The zero-order chi connectivity index (χ0) is 13.8. The van der Waals surface area contributed by atoms with Crippen molar-refractivity contribution < 1.29 is 4.79 Å². The monoisotopic (exact) mass is 281 g/mol. The maximum Gasteiger partial charge on any atom is 0.251 e. The average Bonchev–Trinajstić information content (AvgIpc) is 2.42. The van der Waals surface area contributed by atoms with Gasteiger partial charge in [0.1, 0.15) is 0 Å². The summed E-state index contributed by atoms with van der Waals surface area (Å²) in [5.41, 5.74) is 6.70. The van der Waals surface area contributed by atoms with E-state index in [2.05, 4.69) is 17.1 Å². The van der Waals surface area contributed by atoms with Gasteiger partial charge >= 0.3 is 0 Å². The molecule has 1 atom stereocenters. The number of likely N-dealkylation sites (tertiary alicyclic amines) is 1. The molecule has 1 aromatic rings. The number of nitrogens with one attached hydrogen (secondary N) is 1. The van der Waals surface area contributed by atoms with Crippen LogP contribution in [0.15, 0.2) is 18.2 Å². The van der Waals surface area contributed by atoms with Gasteiger partial charge in [-0.2, -0.15) is 0 Å². The minimum absolute atomic E-state index is 0.0788. The van der Waals surface area contributed by atoms with Crippen molar-refractivity contribution in [1.82, 2.24) is 10.2 Å². The fourth-order valence-corrected chi connectivity index (χ4v) is 2.58. The molecule has 1 fully saturated rings. The number of benzene rings is 1. The number of halogens is 1. The molecule has 1 aromatic carbocycles. The van der Waals surface area contributed by atoms with E-state index in [0.717, 1.165) is 32.5 Å². The number of nitrogen functional groups attached to an aromatic ring is 1. The highest BCUT2D eigenvalue weighted by molar-refractivity contribution is 6.33. The molecule has 104 valence electrons. The van der Waals surface area contributed by atoms with E-state index in [9.17, 15) is 4.79 Å². The zero-order valence-corrected chi connectivity index (χ0v) is 11.9. The van der Waals surface area contributed by atoms with E-state index in [1.54, 1.807) is 18.2 Å². The summed E-state index contributed by atoms with van der Waals surface area (Å²) >= 11 is 5.93. The molecular weight excluding hydrogens is 262 g/mol. The summed E-state index contributed by atoms with van der Waals surface area (Å²) in [6.45, 7) is 5.21. The molecule has 3 N–H and O–H groups in total. The van der Waals surface area contributed by atoms with E-state index < -0.39 is 0 Å². The summed E-state index contributed by atoms with van der Waals surface area (Å²) in [5, 5.41) is 3.49. The zero-order valence-electron chi connectivity index (χ0n) is 11.2. The highest BCUT2D eigenvalue weighted by atomic mass is 35.5. The van der Waals surface area contributed by atoms with Gasteiger partial charge in [-0.25, -0.2) is 0 Å². The molecule has 4 nitrogen and oxygen atoms in total. The summed E-state index contributed by atoms with van der Waals surface area (Å²) in [5.74, 6) is -0.0788. The SMILES string of the molecule is CCN1CCCC(NC(=O)c2ccc(N)c(Cl)c2)C1. The predicted octanol–water partition coefficient (Wildman–Crippen LogP) is 2.14. The fourth-order valence-electron chi connectivity index (χ4n) is 2.40. The highest BCUT2D eigenvalue weighted by Crippen LogP contribution is 2.20. The molecule has 1 amide bonds. The molecule has 1 unspecified atom stereocenters. The van der Waals surface area contributed by atoms with Crippen LogP contribution in [-0.2, 0) is 0 Å². The van der Waals surface area contributed by atoms with Crippen LogP contribution in [0, 0.1) is 0 Å². The maximum atomic E-state index is 12.1. The van der Waals surface area contributed by atoms with Crippen molar-refractivity contribution in [1.29, 1.82) is 0 Å². The second-order valence-electron chi connectivity index (χ2n) is 4.94. The Kier molecular flexibility index (Phi) is 4.66. The van der Waals surface area contributed by atoms with Gasteiger partial charge in [0.2, 0.25) is 0 Å². The van der Waals surface area contributed by atoms with Crippen LogP contribution in [0.2, 0.25) is 5.02 Å². The fraction of sp³-hybridized carbons (Fsp3) is 0.500. The maximum absolute atomic E-state index is 12.1. The lowest BCUT2D eigenvalue weighted by molar-refractivity contribution is 0.0906. The molecular formula is C14H20ClN3O. The summed E-state index contributed by atoms with van der Waals surface area (Å²) in [6.07, 6.45) is 2.16. The van der Waals surface area contributed by atoms with Gasteiger partial charge in [0.25, 0.3) is 5.91 Å². The summed E-state index contributed by atoms with van der Waals surface area (Å²) < 4.78 is 0. The molecule has 5 heteroatoms. The first-order valence-corrected chi connectivity index (χ1v) is 7.06. The lowest BCUT2D eigenvalue weighted by Crippen LogP contribution is -2.47. The van der Waals surface area contributed by atoms with Crippen molar-refractivity contribution in [2.24, 2.45) is 0 Å². The summed E-state index contributed by atoms with van der Waals surface area (Å²) in [7, 11) is 0. The van der Waals surface area contributed by atoms with Gasteiger partial charge < -0.3 is 16.0 Å². The molecule has 1 aliphatic rings. The van der Waals surface area contributed by atoms with Gasteiger partial charge in [-0.3, -0.25) is 4.79 Å². The van der Waals surface area contributed by atoms with Gasteiger partial charge in [-0.1, -0.05) is 18.5 Å². The van der Waals surface area contributed by atoms with Crippen molar-refractivity contribution in [2.45, 2.75) is 25.8 Å². The number of nitrogens with two attached hydrogens (primary N) is 1. The molecule has 1 heterocycles. The van der Waals surface area contributed by atoms with Gasteiger partial charge in [0.05, 0.1) is 10.7 Å². The summed E-state index contributed by atoms with van der Waals surface area (Å²) in [4.78, 5) is 14.5. The van der Waals surface area contributed by atoms with Crippen LogP contribution in [0.4, 0.5) is 5.69 Å². The van der Waals surface area contributed by atoms with Gasteiger partial charge in [0, 0.05) is 18.2 Å². The second-order valence-corrected chi connectivity index (χ2v) is 5.35. The number of carbonyl (C=O) groups excluding carboxylic acids is 1. The molecule has 2 rings (SSSR count).